The van der Waals surface area contributed by atoms with Crippen molar-refractivity contribution >= 4 is 17.4 Å². The van der Waals surface area contributed by atoms with E-state index in [0.717, 1.165) is 62.0 Å². The molecule has 0 bridgehead atoms. The van der Waals surface area contributed by atoms with E-state index in [1.807, 2.05) is 12.1 Å². The van der Waals surface area contributed by atoms with Crippen molar-refractivity contribution in [3.8, 4) is 0 Å². The summed E-state index contributed by atoms with van der Waals surface area (Å²) in [6.45, 7) is 5.86. The molecule has 0 radical (unpaired) electrons. The predicted octanol–water partition coefficient (Wildman–Crippen LogP) is 2.85. The summed E-state index contributed by atoms with van der Waals surface area (Å²) >= 11 is 6.22. The van der Waals surface area contributed by atoms with Gasteiger partial charge in [-0.25, -0.2) is 4.98 Å². The number of ether oxygens (including phenoxy) is 1. The van der Waals surface area contributed by atoms with E-state index in [2.05, 4.69) is 17.1 Å². The molecule has 1 aliphatic rings. The highest BCUT2D eigenvalue weighted by Gasteiger charge is 2.20. The Morgan fingerprint density at radius 2 is 2.15 bits per heavy atom. The molecule has 0 spiro atoms. The molecule has 0 saturated carbocycles. The summed E-state index contributed by atoms with van der Waals surface area (Å²) in [5.74, 6) is 1.03. The van der Waals surface area contributed by atoms with Gasteiger partial charge in [0.1, 0.15) is 5.82 Å². The average Bonchev–Trinajstić information content (AvgIpc) is 2.49. The van der Waals surface area contributed by atoms with Crippen LogP contribution in [0.1, 0.15) is 31.9 Å². The molecule has 2 heterocycles. The van der Waals surface area contributed by atoms with Gasteiger partial charge in [0, 0.05) is 26.7 Å². The molecule has 0 aromatic carbocycles. The maximum atomic E-state index is 6.22. The van der Waals surface area contributed by atoms with Crippen LogP contribution in [0.25, 0.3) is 0 Å². The lowest BCUT2D eigenvalue weighted by Crippen LogP contribution is -2.37. The lowest BCUT2D eigenvalue weighted by atomic mass is 10.1. The molecule has 112 valence electrons. The van der Waals surface area contributed by atoms with Crippen LogP contribution in [0.4, 0.5) is 5.82 Å². The molecule has 1 aromatic rings. The Balaban J connectivity index is 1.99. The lowest BCUT2D eigenvalue weighted by Gasteiger charge is -2.32. The van der Waals surface area contributed by atoms with Gasteiger partial charge in [-0.3, -0.25) is 0 Å². The number of methoxy groups -OCH3 is 1. The number of hydrogen-bond acceptors (Lipinski definition) is 4. The van der Waals surface area contributed by atoms with Crippen molar-refractivity contribution < 1.29 is 4.74 Å². The molecule has 1 aliphatic heterocycles. The monoisotopic (exact) mass is 297 g/mol. The quantitative estimate of drug-likeness (QED) is 0.819. The third-order valence-corrected chi connectivity index (χ3v) is 4.07. The molecule has 4 nitrogen and oxygen atoms in total. The van der Waals surface area contributed by atoms with E-state index in [0.29, 0.717) is 6.10 Å². The smallest absolute Gasteiger partial charge is 0.128 e. The number of pyridine rings is 1. The van der Waals surface area contributed by atoms with Gasteiger partial charge in [-0.05, 0) is 37.9 Å². The Hall–Kier alpha value is -0.840. The van der Waals surface area contributed by atoms with E-state index < -0.39 is 0 Å². The highest BCUT2D eigenvalue weighted by Crippen LogP contribution is 2.23. The minimum absolute atomic E-state index is 0.393. The van der Waals surface area contributed by atoms with Gasteiger partial charge >= 0.3 is 0 Å². The van der Waals surface area contributed by atoms with Crippen molar-refractivity contribution in [3.63, 3.8) is 0 Å². The Bertz CT molecular complexity index is 420. The molecule has 1 saturated heterocycles. The number of aromatic nitrogens is 1. The first-order valence-corrected chi connectivity index (χ1v) is 7.76. The average molecular weight is 298 g/mol. The Kier molecular flexibility index (Phi) is 6.07. The second-order valence-electron chi connectivity index (χ2n) is 5.20. The molecule has 5 heteroatoms. The number of piperidine rings is 1. The van der Waals surface area contributed by atoms with Gasteiger partial charge in [0.15, 0.2) is 0 Å². The summed E-state index contributed by atoms with van der Waals surface area (Å²) in [5, 5.41) is 4.09. The Labute approximate surface area is 126 Å². The summed E-state index contributed by atoms with van der Waals surface area (Å²) in [6, 6.07) is 3.97. The summed E-state index contributed by atoms with van der Waals surface area (Å²) in [6.07, 6.45) is 3.63. The van der Waals surface area contributed by atoms with Crippen LogP contribution >= 0.6 is 11.6 Å². The highest BCUT2D eigenvalue weighted by molar-refractivity contribution is 6.31. The van der Waals surface area contributed by atoms with Gasteiger partial charge in [-0.2, -0.15) is 0 Å². The van der Waals surface area contributed by atoms with Crippen LogP contribution in [-0.4, -0.2) is 37.8 Å². The van der Waals surface area contributed by atoms with Crippen LogP contribution in [0.5, 0.6) is 0 Å². The van der Waals surface area contributed by atoms with Crippen molar-refractivity contribution in [2.45, 2.75) is 38.8 Å². The van der Waals surface area contributed by atoms with Crippen LogP contribution in [0.3, 0.4) is 0 Å². The van der Waals surface area contributed by atoms with E-state index >= 15 is 0 Å². The number of hydrogen-bond donors (Lipinski definition) is 1. The van der Waals surface area contributed by atoms with E-state index in [-0.39, 0.29) is 0 Å². The van der Waals surface area contributed by atoms with Crippen LogP contribution in [0, 0.1) is 0 Å². The first kappa shape index (κ1) is 15.5. The maximum Gasteiger partial charge on any atom is 0.128 e. The first-order chi connectivity index (χ1) is 9.74. The van der Waals surface area contributed by atoms with Crippen molar-refractivity contribution in [1.29, 1.82) is 0 Å². The minimum atomic E-state index is 0.393. The zero-order valence-corrected chi connectivity index (χ0v) is 13.1. The van der Waals surface area contributed by atoms with Gasteiger partial charge in [0.2, 0.25) is 0 Å². The molecular weight excluding hydrogens is 274 g/mol. The molecule has 0 aliphatic carbocycles. The zero-order valence-electron chi connectivity index (χ0n) is 12.4. The van der Waals surface area contributed by atoms with Crippen LogP contribution in [-0.2, 0) is 11.3 Å². The molecular formula is C15H24ClN3O. The van der Waals surface area contributed by atoms with Crippen LogP contribution in [0.15, 0.2) is 12.1 Å². The predicted molar refractivity (Wildman–Crippen MR) is 83.5 cm³/mol. The van der Waals surface area contributed by atoms with Gasteiger partial charge in [-0.15, -0.1) is 0 Å². The second kappa shape index (κ2) is 7.81. The van der Waals surface area contributed by atoms with E-state index in [1.54, 1.807) is 7.11 Å². The second-order valence-corrected chi connectivity index (χ2v) is 5.60. The first-order valence-electron chi connectivity index (χ1n) is 7.38. The van der Waals surface area contributed by atoms with Gasteiger partial charge in [0.05, 0.1) is 16.8 Å². The Morgan fingerprint density at radius 3 is 2.80 bits per heavy atom. The number of rotatable bonds is 6. The van der Waals surface area contributed by atoms with E-state index in [4.69, 9.17) is 21.3 Å². The SMILES string of the molecule is CCCNCc1nc(N2CCC(OC)CC2)ccc1Cl. The van der Waals surface area contributed by atoms with Gasteiger partial charge in [-0.1, -0.05) is 18.5 Å². The maximum absolute atomic E-state index is 6.22. The normalized spacial score (nSPS) is 16.6. The fourth-order valence-corrected chi connectivity index (χ4v) is 2.65. The van der Waals surface area contributed by atoms with Gasteiger partial charge < -0.3 is 15.0 Å². The molecule has 2 rings (SSSR count). The third-order valence-electron chi connectivity index (χ3n) is 3.72. The van der Waals surface area contributed by atoms with Crippen LogP contribution in [0.2, 0.25) is 5.02 Å². The van der Waals surface area contributed by atoms with Crippen LogP contribution < -0.4 is 10.2 Å². The third kappa shape index (κ3) is 4.08. The minimum Gasteiger partial charge on any atom is -0.381 e. The van der Waals surface area contributed by atoms with Crippen molar-refractivity contribution in [3.05, 3.63) is 22.8 Å². The van der Waals surface area contributed by atoms with Crippen molar-refractivity contribution in [2.24, 2.45) is 0 Å². The summed E-state index contributed by atoms with van der Waals surface area (Å²) in [7, 11) is 1.79. The number of halogens is 1. The zero-order chi connectivity index (χ0) is 14.4. The Morgan fingerprint density at radius 1 is 1.40 bits per heavy atom. The number of nitrogens with zero attached hydrogens (tertiary/aromatic N) is 2. The largest absolute Gasteiger partial charge is 0.381 e. The van der Waals surface area contributed by atoms with E-state index in [9.17, 15) is 0 Å². The molecule has 0 atom stereocenters. The fraction of sp³-hybridized carbons (Fsp3) is 0.667. The number of nitrogens with one attached hydrogen (secondary N) is 1. The highest BCUT2D eigenvalue weighted by atomic mass is 35.5. The summed E-state index contributed by atoms with van der Waals surface area (Å²) in [4.78, 5) is 7.02. The summed E-state index contributed by atoms with van der Waals surface area (Å²) < 4.78 is 5.41. The summed E-state index contributed by atoms with van der Waals surface area (Å²) in [5.41, 5.74) is 0.937. The lowest BCUT2D eigenvalue weighted by molar-refractivity contribution is 0.0818. The number of anilines is 1. The molecule has 1 N–H and O–H groups in total. The fourth-order valence-electron chi connectivity index (χ4n) is 2.48. The topological polar surface area (TPSA) is 37.4 Å². The van der Waals surface area contributed by atoms with Crippen molar-refractivity contribution in [2.75, 3.05) is 31.6 Å². The molecule has 0 unspecified atom stereocenters. The van der Waals surface area contributed by atoms with Gasteiger partial charge in [0.25, 0.3) is 0 Å². The molecule has 0 amide bonds. The molecule has 20 heavy (non-hydrogen) atoms. The standard InChI is InChI=1S/C15H24ClN3O/c1-3-8-17-11-14-13(16)4-5-15(18-14)19-9-6-12(20-2)7-10-19/h4-5,12,17H,3,6-11H2,1-2H3. The molecule has 1 aromatic heterocycles. The van der Waals surface area contributed by atoms with E-state index in [1.165, 1.54) is 0 Å². The van der Waals surface area contributed by atoms with Crippen molar-refractivity contribution in [1.82, 2.24) is 10.3 Å². The molecule has 1 fully saturated rings.